The molecule has 1 heterocycles. The molecule has 0 amide bonds. The third kappa shape index (κ3) is 3.51. The molecule has 0 spiro atoms. The summed E-state index contributed by atoms with van der Waals surface area (Å²) in [7, 11) is 0. The summed E-state index contributed by atoms with van der Waals surface area (Å²) in [5.41, 5.74) is 0.0327. The lowest BCUT2D eigenvalue weighted by molar-refractivity contribution is -0.138. The monoisotopic (exact) mass is 333 g/mol. The van der Waals surface area contributed by atoms with Crippen LogP contribution in [0, 0.1) is 17.6 Å². The average molecular weight is 334 g/mol. The lowest BCUT2D eigenvalue weighted by Crippen LogP contribution is -2.22. The number of hydrogen-bond acceptors (Lipinski definition) is 2. The van der Waals surface area contributed by atoms with E-state index in [4.69, 9.17) is 5.11 Å². The van der Waals surface area contributed by atoms with Crippen LogP contribution in [0.2, 0.25) is 0 Å². The molecule has 3 nitrogen and oxygen atoms in total. The SMILES string of the molecule is O=C(O)CC1CCN(Cc2c(F)ccc(Br)c2F)C1. The molecule has 1 aromatic rings. The molecule has 1 unspecified atom stereocenters. The van der Waals surface area contributed by atoms with E-state index < -0.39 is 17.6 Å². The predicted octanol–water partition coefficient (Wildman–Crippen LogP) is 3.02. The maximum Gasteiger partial charge on any atom is 0.303 e. The Hall–Kier alpha value is -1.01. The number of benzene rings is 1. The number of halogens is 3. The van der Waals surface area contributed by atoms with Crippen molar-refractivity contribution < 1.29 is 18.7 Å². The number of carboxylic acid groups (broad SMARTS) is 1. The van der Waals surface area contributed by atoms with E-state index in [0.29, 0.717) is 13.1 Å². The Labute approximate surface area is 118 Å². The highest BCUT2D eigenvalue weighted by molar-refractivity contribution is 9.10. The molecule has 1 N–H and O–H groups in total. The molecule has 104 valence electrons. The zero-order valence-corrected chi connectivity index (χ0v) is 11.8. The molecule has 6 heteroatoms. The van der Waals surface area contributed by atoms with Gasteiger partial charge in [0.1, 0.15) is 11.6 Å². The van der Waals surface area contributed by atoms with Crippen LogP contribution in [0.3, 0.4) is 0 Å². The zero-order valence-electron chi connectivity index (χ0n) is 10.2. The van der Waals surface area contributed by atoms with Crippen LogP contribution in [0.5, 0.6) is 0 Å². The number of carbonyl (C=O) groups is 1. The number of carboxylic acids is 1. The van der Waals surface area contributed by atoms with E-state index in [-0.39, 0.29) is 28.9 Å². The van der Waals surface area contributed by atoms with Crippen LogP contribution in [-0.2, 0) is 11.3 Å². The van der Waals surface area contributed by atoms with Gasteiger partial charge in [0, 0.05) is 25.1 Å². The van der Waals surface area contributed by atoms with Crippen LogP contribution in [0.4, 0.5) is 8.78 Å². The molecule has 0 aromatic heterocycles. The highest BCUT2D eigenvalue weighted by atomic mass is 79.9. The maximum absolute atomic E-state index is 13.8. The van der Waals surface area contributed by atoms with Crippen LogP contribution in [0.15, 0.2) is 16.6 Å². The van der Waals surface area contributed by atoms with Gasteiger partial charge in [0.25, 0.3) is 0 Å². The van der Waals surface area contributed by atoms with E-state index in [2.05, 4.69) is 15.9 Å². The Morgan fingerprint density at radius 2 is 2.21 bits per heavy atom. The first-order valence-electron chi connectivity index (χ1n) is 6.04. The lowest BCUT2D eigenvalue weighted by atomic mass is 10.1. The standard InChI is InChI=1S/C13H14BrF2NO2/c14-10-1-2-11(15)9(13(10)16)7-17-4-3-8(6-17)5-12(18)19/h1-2,8H,3-7H2,(H,18,19). The number of aliphatic carboxylic acids is 1. The molecule has 0 bridgehead atoms. The van der Waals surface area contributed by atoms with Gasteiger partial charge in [-0.15, -0.1) is 0 Å². The highest BCUT2D eigenvalue weighted by Gasteiger charge is 2.26. The van der Waals surface area contributed by atoms with E-state index in [9.17, 15) is 13.6 Å². The fourth-order valence-electron chi connectivity index (χ4n) is 2.41. The van der Waals surface area contributed by atoms with Gasteiger partial charge in [-0.1, -0.05) is 0 Å². The van der Waals surface area contributed by atoms with E-state index in [0.717, 1.165) is 6.42 Å². The Balaban J connectivity index is 2.03. The molecule has 1 aliphatic rings. The van der Waals surface area contributed by atoms with Gasteiger partial charge in [0.05, 0.1) is 4.47 Å². The first kappa shape index (κ1) is 14.4. The van der Waals surface area contributed by atoms with Crippen LogP contribution >= 0.6 is 15.9 Å². The Bertz CT molecular complexity index is 496. The Kier molecular flexibility index (Phi) is 4.52. The van der Waals surface area contributed by atoms with Gasteiger partial charge >= 0.3 is 5.97 Å². The molecule has 0 aliphatic carbocycles. The normalized spacial score (nSPS) is 19.8. The van der Waals surface area contributed by atoms with Crippen molar-refractivity contribution in [1.82, 2.24) is 4.90 Å². The van der Waals surface area contributed by atoms with E-state index in [1.807, 2.05) is 4.90 Å². The van der Waals surface area contributed by atoms with Gasteiger partial charge in [-0.2, -0.15) is 0 Å². The molecular weight excluding hydrogens is 320 g/mol. The van der Waals surface area contributed by atoms with Gasteiger partial charge in [-0.25, -0.2) is 8.78 Å². The fourth-order valence-corrected chi connectivity index (χ4v) is 2.78. The zero-order chi connectivity index (χ0) is 14.0. The predicted molar refractivity (Wildman–Crippen MR) is 69.7 cm³/mol. The lowest BCUT2D eigenvalue weighted by Gasteiger charge is -2.17. The molecule has 1 saturated heterocycles. The number of hydrogen-bond donors (Lipinski definition) is 1. The van der Waals surface area contributed by atoms with Crippen molar-refractivity contribution in [2.45, 2.75) is 19.4 Å². The summed E-state index contributed by atoms with van der Waals surface area (Å²) in [6, 6.07) is 2.57. The quantitative estimate of drug-likeness (QED) is 0.861. The van der Waals surface area contributed by atoms with Crippen molar-refractivity contribution in [3.8, 4) is 0 Å². The summed E-state index contributed by atoms with van der Waals surface area (Å²) in [6.45, 7) is 1.41. The highest BCUT2D eigenvalue weighted by Crippen LogP contribution is 2.26. The van der Waals surface area contributed by atoms with Gasteiger partial charge in [0.2, 0.25) is 0 Å². The van der Waals surface area contributed by atoms with Crippen molar-refractivity contribution in [3.63, 3.8) is 0 Å². The molecule has 1 aromatic carbocycles. The molecular formula is C13H14BrF2NO2. The Morgan fingerprint density at radius 1 is 1.47 bits per heavy atom. The summed E-state index contributed by atoms with van der Waals surface area (Å²) < 4.78 is 27.7. The number of rotatable bonds is 4. The smallest absolute Gasteiger partial charge is 0.303 e. The van der Waals surface area contributed by atoms with Gasteiger partial charge in [-0.3, -0.25) is 9.69 Å². The molecule has 0 radical (unpaired) electrons. The topological polar surface area (TPSA) is 40.5 Å². The molecule has 1 atom stereocenters. The van der Waals surface area contributed by atoms with Crippen LogP contribution in [-0.4, -0.2) is 29.1 Å². The molecule has 1 fully saturated rings. The van der Waals surface area contributed by atoms with Crippen molar-refractivity contribution in [3.05, 3.63) is 33.8 Å². The maximum atomic E-state index is 13.8. The minimum Gasteiger partial charge on any atom is -0.481 e. The molecule has 0 saturated carbocycles. The third-order valence-corrected chi connectivity index (χ3v) is 3.97. The summed E-state index contributed by atoms with van der Waals surface area (Å²) in [5, 5.41) is 8.73. The van der Waals surface area contributed by atoms with Gasteiger partial charge < -0.3 is 5.11 Å². The minimum absolute atomic E-state index is 0.0327. The van der Waals surface area contributed by atoms with Crippen molar-refractivity contribution in [1.29, 1.82) is 0 Å². The summed E-state index contributed by atoms with van der Waals surface area (Å²) in [6.07, 6.45) is 0.865. The van der Waals surface area contributed by atoms with E-state index in [1.165, 1.54) is 12.1 Å². The summed E-state index contributed by atoms with van der Waals surface area (Å²) in [5.74, 6) is -1.91. The Morgan fingerprint density at radius 3 is 2.89 bits per heavy atom. The molecule has 2 rings (SSSR count). The largest absolute Gasteiger partial charge is 0.481 e. The number of likely N-dealkylation sites (tertiary alicyclic amines) is 1. The first-order chi connectivity index (χ1) is 8.97. The van der Waals surface area contributed by atoms with Crippen LogP contribution < -0.4 is 0 Å². The number of nitrogens with zero attached hydrogens (tertiary/aromatic N) is 1. The minimum atomic E-state index is -0.827. The summed E-state index contributed by atoms with van der Waals surface area (Å²) in [4.78, 5) is 12.5. The molecule has 19 heavy (non-hydrogen) atoms. The second kappa shape index (κ2) is 5.96. The second-order valence-electron chi connectivity index (χ2n) is 4.81. The fraction of sp³-hybridized carbons (Fsp3) is 0.462. The van der Waals surface area contributed by atoms with E-state index >= 15 is 0 Å². The molecule has 1 aliphatic heterocycles. The average Bonchev–Trinajstić information content (AvgIpc) is 2.76. The van der Waals surface area contributed by atoms with Crippen LogP contribution in [0.1, 0.15) is 18.4 Å². The van der Waals surface area contributed by atoms with Crippen molar-refractivity contribution in [2.24, 2.45) is 5.92 Å². The van der Waals surface area contributed by atoms with E-state index in [1.54, 1.807) is 0 Å². The first-order valence-corrected chi connectivity index (χ1v) is 6.83. The van der Waals surface area contributed by atoms with Gasteiger partial charge in [-0.05, 0) is 46.9 Å². The van der Waals surface area contributed by atoms with Crippen molar-refractivity contribution >= 4 is 21.9 Å². The second-order valence-corrected chi connectivity index (χ2v) is 5.66. The summed E-state index contributed by atoms with van der Waals surface area (Å²) >= 11 is 3.04. The van der Waals surface area contributed by atoms with Crippen molar-refractivity contribution in [2.75, 3.05) is 13.1 Å². The third-order valence-electron chi connectivity index (χ3n) is 3.35. The van der Waals surface area contributed by atoms with Gasteiger partial charge in [0.15, 0.2) is 0 Å². The van der Waals surface area contributed by atoms with Crippen LogP contribution in [0.25, 0.3) is 0 Å².